The first-order valence-electron chi connectivity index (χ1n) is 5.71. The minimum Gasteiger partial charge on any atom is -0.381 e. The lowest BCUT2D eigenvalue weighted by Gasteiger charge is -2.10. The number of nitrogens with one attached hydrogen (secondary N) is 1. The summed E-state index contributed by atoms with van der Waals surface area (Å²) in [6, 6.07) is 13.3. The van der Waals surface area contributed by atoms with E-state index in [9.17, 15) is 4.39 Å². The average Bonchev–Trinajstić information content (AvgIpc) is 2.32. The molecule has 2 heteroatoms. The number of hydrogen-bond acceptors (Lipinski definition) is 1. The Morgan fingerprint density at radius 3 is 2.47 bits per heavy atom. The van der Waals surface area contributed by atoms with Crippen LogP contribution in [-0.4, -0.2) is 0 Å². The smallest absolute Gasteiger partial charge is 0.126 e. The van der Waals surface area contributed by atoms with Crippen molar-refractivity contribution in [3.05, 3.63) is 65.0 Å². The van der Waals surface area contributed by atoms with Crippen LogP contribution in [0, 0.1) is 19.7 Å². The van der Waals surface area contributed by atoms with Crippen molar-refractivity contribution in [2.24, 2.45) is 0 Å². The molecule has 2 aromatic rings. The fourth-order valence-corrected chi connectivity index (χ4v) is 1.79. The van der Waals surface area contributed by atoms with Gasteiger partial charge in [0, 0.05) is 12.2 Å². The zero-order valence-corrected chi connectivity index (χ0v) is 10.1. The predicted octanol–water partition coefficient (Wildman–Crippen LogP) is 4.05. The molecule has 0 fully saturated rings. The van der Waals surface area contributed by atoms with Gasteiger partial charge in [0.1, 0.15) is 5.82 Å². The highest BCUT2D eigenvalue weighted by atomic mass is 19.1. The molecule has 0 saturated heterocycles. The van der Waals surface area contributed by atoms with Crippen molar-refractivity contribution in [1.29, 1.82) is 0 Å². The summed E-state index contributed by atoms with van der Waals surface area (Å²) < 4.78 is 13.1. The molecule has 0 spiro atoms. The second kappa shape index (κ2) is 5.00. The highest BCUT2D eigenvalue weighted by molar-refractivity contribution is 5.50. The molecule has 2 rings (SSSR count). The Hall–Kier alpha value is -1.83. The SMILES string of the molecule is Cc1cc(CNc2ccccc2C)ccc1F. The molecule has 17 heavy (non-hydrogen) atoms. The van der Waals surface area contributed by atoms with Crippen LogP contribution in [0.3, 0.4) is 0 Å². The lowest BCUT2D eigenvalue weighted by molar-refractivity contribution is 0.617. The van der Waals surface area contributed by atoms with Crippen molar-refractivity contribution in [3.63, 3.8) is 0 Å². The van der Waals surface area contributed by atoms with E-state index in [1.165, 1.54) is 11.6 Å². The molecule has 0 unspecified atom stereocenters. The van der Waals surface area contributed by atoms with E-state index in [-0.39, 0.29) is 5.82 Å². The molecule has 0 aliphatic rings. The summed E-state index contributed by atoms with van der Waals surface area (Å²) in [5.74, 6) is -0.148. The molecule has 0 aliphatic carbocycles. The fourth-order valence-electron chi connectivity index (χ4n) is 1.79. The standard InChI is InChI=1S/C15H16FN/c1-11-5-3-4-6-15(11)17-10-13-7-8-14(16)12(2)9-13/h3-9,17H,10H2,1-2H3. The largest absolute Gasteiger partial charge is 0.381 e. The molecule has 0 saturated carbocycles. The quantitative estimate of drug-likeness (QED) is 0.837. The second-order valence-corrected chi connectivity index (χ2v) is 4.25. The molecule has 0 aliphatic heterocycles. The normalized spacial score (nSPS) is 10.3. The Kier molecular flexibility index (Phi) is 3.43. The van der Waals surface area contributed by atoms with Crippen LogP contribution in [-0.2, 0) is 6.54 Å². The van der Waals surface area contributed by atoms with E-state index in [2.05, 4.69) is 18.3 Å². The number of hydrogen-bond donors (Lipinski definition) is 1. The number of anilines is 1. The number of aryl methyl sites for hydroxylation is 2. The van der Waals surface area contributed by atoms with E-state index in [0.29, 0.717) is 12.1 Å². The summed E-state index contributed by atoms with van der Waals surface area (Å²) in [7, 11) is 0. The third-order valence-corrected chi connectivity index (χ3v) is 2.85. The first kappa shape index (κ1) is 11.6. The van der Waals surface area contributed by atoms with Gasteiger partial charge in [-0.3, -0.25) is 0 Å². The van der Waals surface area contributed by atoms with Crippen LogP contribution in [0.5, 0.6) is 0 Å². The third kappa shape index (κ3) is 2.84. The molecule has 0 bridgehead atoms. The van der Waals surface area contributed by atoms with Crippen molar-refractivity contribution < 1.29 is 4.39 Å². The van der Waals surface area contributed by atoms with Crippen LogP contribution >= 0.6 is 0 Å². The summed E-state index contributed by atoms with van der Waals surface area (Å²) in [6.07, 6.45) is 0. The molecule has 0 radical (unpaired) electrons. The second-order valence-electron chi connectivity index (χ2n) is 4.25. The van der Waals surface area contributed by atoms with E-state index in [0.717, 1.165) is 11.3 Å². The summed E-state index contributed by atoms with van der Waals surface area (Å²) >= 11 is 0. The maximum absolute atomic E-state index is 13.1. The van der Waals surface area contributed by atoms with Crippen molar-refractivity contribution >= 4 is 5.69 Å². The Bertz CT molecular complexity index is 520. The number of para-hydroxylation sites is 1. The molecular weight excluding hydrogens is 213 g/mol. The van der Waals surface area contributed by atoms with Gasteiger partial charge in [-0.05, 0) is 42.7 Å². The van der Waals surface area contributed by atoms with Gasteiger partial charge in [-0.15, -0.1) is 0 Å². The van der Waals surface area contributed by atoms with E-state index >= 15 is 0 Å². The van der Waals surface area contributed by atoms with Crippen molar-refractivity contribution in [2.45, 2.75) is 20.4 Å². The number of benzene rings is 2. The summed E-state index contributed by atoms with van der Waals surface area (Å²) in [5, 5.41) is 3.35. The third-order valence-electron chi connectivity index (χ3n) is 2.85. The van der Waals surface area contributed by atoms with Crippen LogP contribution < -0.4 is 5.32 Å². The van der Waals surface area contributed by atoms with E-state index in [4.69, 9.17) is 0 Å². The van der Waals surface area contributed by atoms with E-state index < -0.39 is 0 Å². The Balaban J connectivity index is 2.08. The molecule has 0 aromatic heterocycles. The van der Waals surface area contributed by atoms with Gasteiger partial charge in [0.05, 0.1) is 0 Å². The maximum Gasteiger partial charge on any atom is 0.126 e. The zero-order valence-electron chi connectivity index (χ0n) is 10.1. The van der Waals surface area contributed by atoms with Gasteiger partial charge < -0.3 is 5.32 Å². The Labute approximate surface area is 101 Å². The maximum atomic E-state index is 13.1. The monoisotopic (exact) mass is 229 g/mol. The van der Waals surface area contributed by atoms with Gasteiger partial charge in [0.25, 0.3) is 0 Å². The van der Waals surface area contributed by atoms with Crippen LogP contribution in [0.4, 0.5) is 10.1 Å². The molecule has 2 aromatic carbocycles. The molecule has 1 N–H and O–H groups in total. The zero-order chi connectivity index (χ0) is 12.3. The average molecular weight is 229 g/mol. The van der Waals surface area contributed by atoms with Gasteiger partial charge in [0.2, 0.25) is 0 Å². The molecule has 1 nitrogen and oxygen atoms in total. The molecule has 0 amide bonds. The fraction of sp³-hybridized carbons (Fsp3) is 0.200. The lowest BCUT2D eigenvalue weighted by atomic mass is 10.1. The molecule has 0 atom stereocenters. The van der Waals surface area contributed by atoms with Crippen LogP contribution in [0.2, 0.25) is 0 Å². The number of halogens is 1. The minimum absolute atomic E-state index is 0.148. The lowest BCUT2D eigenvalue weighted by Crippen LogP contribution is -2.01. The van der Waals surface area contributed by atoms with E-state index in [1.54, 1.807) is 6.92 Å². The topological polar surface area (TPSA) is 12.0 Å². The summed E-state index contributed by atoms with van der Waals surface area (Å²) in [4.78, 5) is 0. The highest BCUT2D eigenvalue weighted by Crippen LogP contribution is 2.15. The highest BCUT2D eigenvalue weighted by Gasteiger charge is 2.00. The van der Waals surface area contributed by atoms with Gasteiger partial charge in [0.15, 0.2) is 0 Å². The molecule has 88 valence electrons. The van der Waals surface area contributed by atoms with Crippen molar-refractivity contribution in [1.82, 2.24) is 0 Å². The Morgan fingerprint density at radius 2 is 1.76 bits per heavy atom. The van der Waals surface area contributed by atoms with Crippen LogP contribution in [0.25, 0.3) is 0 Å². The van der Waals surface area contributed by atoms with Crippen molar-refractivity contribution in [2.75, 3.05) is 5.32 Å². The summed E-state index contributed by atoms with van der Waals surface area (Å²) in [6.45, 7) is 4.57. The molecule has 0 heterocycles. The van der Waals surface area contributed by atoms with Gasteiger partial charge in [-0.25, -0.2) is 4.39 Å². The van der Waals surface area contributed by atoms with E-state index in [1.807, 2.05) is 30.3 Å². The first-order chi connectivity index (χ1) is 8.16. The molecular formula is C15H16FN. The Morgan fingerprint density at radius 1 is 1.00 bits per heavy atom. The summed E-state index contributed by atoms with van der Waals surface area (Å²) in [5.41, 5.74) is 4.11. The van der Waals surface area contributed by atoms with Gasteiger partial charge in [-0.1, -0.05) is 30.3 Å². The minimum atomic E-state index is -0.148. The van der Waals surface area contributed by atoms with Crippen molar-refractivity contribution in [3.8, 4) is 0 Å². The van der Waals surface area contributed by atoms with Crippen LogP contribution in [0.1, 0.15) is 16.7 Å². The van der Waals surface area contributed by atoms with Gasteiger partial charge >= 0.3 is 0 Å². The number of rotatable bonds is 3. The van der Waals surface area contributed by atoms with Crippen LogP contribution in [0.15, 0.2) is 42.5 Å². The van der Waals surface area contributed by atoms with Gasteiger partial charge in [-0.2, -0.15) is 0 Å². The predicted molar refractivity (Wildman–Crippen MR) is 69.6 cm³/mol. The first-order valence-corrected chi connectivity index (χ1v) is 5.71.